The molecule has 1 N–H and O–H groups in total. The Kier molecular flexibility index (Phi) is 3.02. The van der Waals surface area contributed by atoms with Gasteiger partial charge in [-0.1, -0.05) is 11.8 Å². The van der Waals surface area contributed by atoms with Gasteiger partial charge in [0.15, 0.2) is 9.84 Å². The lowest BCUT2D eigenvalue weighted by atomic mass is 10.3. The number of sulfone groups is 1. The Morgan fingerprint density at radius 3 is 2.69 bits per heavy atom. The van der Waals surface area contributed by atoms with Crippen molar-refractivity contribution in [1.82, 2.24) is 9.78 Å². The molecule has 2 heterocycles. The van der Waals surface area contributed by atoms with Crippen LogP contribution in [0.1, 0.15) is 5.69 Å². The fourth-order valence-corrected chi connectivity index (χ4v) is 5.38. The van der Waals surface area contributed by atoms with E-state index in [2.05, 4.69) is 5.10 Å². The monoisotopic (exact) mass is 262 g/mol. The van der Waals surface area contributed by atoms with Gasteiger partial charge in [0.2, 0.25) is 0 Å². The zero-order valence-corrected chi connectivity index (χ0v) is 10.8. The molecular weight excluding hydrogens is 248 g/mol. The summed E-state index contributed by atoms with van der Waals surface area (Å²) in [7, 11) is -1.26. The van der Waals surface area contributed by atoms with Gasteiger partial charge >= 0.3 is 0 Å². The first-order valence-corrected chi connectivity index (χ1v) is 7.63. The standard InChI is InChI=1S/C9H14N2O3S2/c1-6-3-9(11(2)10-6)15-8-5-16(13,14)4-7(8)12/h3,7-8,12H,4-5H2,1-2H3. The number of aliphatic hydroxyl groups excluding tert-OH is 1. The molecule has 0 bridgehead atoms. The highest BCUT2D eigenvalue weighted by atomic mass is 32.2. The van der Waals surface area contributed by atoms with Crippen LogP contribution in [-0.4, -0.2) is 46.2 Å². The maximum absolute atomic E-state index is 11.3. The van der Waals surface area contributed by atoms with E-state index in [9.17, 15) is 13.5 Å². The van der Waals surface area contributed by atoms with Gasteiger partial charge in [0.1, 0.15) is 0 Å². The number of rotatable bonds is 2. The SMILES string of the molecule is Cc1cc(SC2CS(=O)(=O)CC2O)n(C)n1. The second kappa shape index (κ2) is 4.05. The normalized spacial score (nSPS) is 28.4. The zero-order chi connectivity index (χ0) is 11.9. The van der Waals surface area contributed by atoms with Gasteiger partial charge in [0.05, 0.1) is 33.6 Å². The Morgan fingerprint density at radius 1 is 1.56 bits per heavy atom. The molecule has 16 heavy (non-hydrogen) atoms. The Bertz CT molecular complexity index is 495. The quantitative estimate of drug-likeness (QED) is 0.811. The van der Waals surface area contributed by atoms with E-state index in [1.54, 1.807) is 4.68 Å². The molecule has 0 aromatic carbocycles. The number of nitrogens with zero attached hydrogens (tertiary/aromatic N) is 2. The van der Waals surface area contributed by atoms with Gasteiger partial charge < -0.3 is 5.11 Å². The van der Waals surface area contributed by atoms with Crippen LogP contribution in [0.4, 0.5) is 0 Å². The molecule has 1 aliphatic rings. The number of thioether (sulfide) groups is 1. The molecule has 1 aliphatic heterocycles. The third kappa shape index (κ3) is 2.41. The van der Waals surface area contributed by atoms with E-state index in [1.807, 2.05) is 20.0 Å². The molecule has 2 rings (SSSR count). The zero-order valence-electron chi connectivity index (χ0n) is 9.12. The van der Waals surface area contributed by atoms with E-state index in [-0.39, 0.29) is 16.8 Å². The lowest BCUT2D eigenvalue weighted by Crippen LogP contribution is -2.20. The van der Waals surface area contributed by atoms with Crippen LogP contribution in [0.2, 0.25) is 0 Å². The van der Waals surface area contributed by atoms with Crippen molar-refractivity contribution in [3.8, 4) is 0 Å². The molecule has 2 atom stereocenters. The van der Waals surface area contributed by atoms with Crippen LogP contribution in [0.15, 0.2) is 11.1 Å². The van der Waals surface area contributed by atoms with E-state index in [1.165, 1.54) is 11.8 Å². The van der Waals surface area contributed by atoms with Crippen molar-refractivity contribution in [2.75, 3.05) is 11.5 Å². The third-order valence-corrected chi connectivity index (χ3v) is 5.84. The van der Waals surface area contributed by atoms with E-state index in [0.717, 1.165) is 10.7 Å². The van der Waals surface area contributed by atoms with Crippen molar-refractivity contribution in [3.05, 3.63) is 11.8 Å². The molecule has 1 saturated heterocycles. The van der Waals surface area contributed by atoms with Crippen molar-refractivity contribution in [2.45, 2.75) is 23.3 Å². The molecule has 1 aromatic rings. The van der Waals surface area contributed by atoms with Gasteiger partial charge in [0, 0.05) is 7.05 Å². The molecule has 1 aromatic heterocycles. The average Bonchev–Trinajstić information content (AvgIpc) is 2.54. The van der Waals surface area contributed by atoms with Gasteiger partial charge in [-0.3, -0.25) is 4.68 Å². The number of aliphatic hydroxyl groups is 1. The molecular formula is C9H14N2O3S2. The summed E-state index contributed by atoms with van der Waals surface area (Å²) in [5, 5.41) is 14.4. The van der Waals surface area contributed by atoms with Gasteiger partial charge in [0.25, 0.3) is 0 Å². The molecule has 0 radical (unpaired) electrons. The minimum atomic E-state index is -3.07. The van der Waals surface area contributed by atoms with Crippen LogP contribution >= 0.6 is 11.8 Å². The van der Waals surface area contributed by atoms with Crippen molar-refractivity contribution in [3.63, 3.8) is 0 Å². The summed E-state index contributed by atoms with van der Waals surface area (Å²) in [5.41, 5.74) is 0.889. The van der Waals surface area contributed by atoms with Crippen molar-refractivity contribution >= 4 is 21.6 Å². The minimum absolute atomic E-state index is 0.0447. The Morgan fingerprint density at radius 2 is 2.25 bits per heavy atom. The Balaban J connectivity index is 2.14. The van der Waals surface area contributed by atoms with E-state index in [4.69, 9.17) is 0 Å². The van der Waals surface area contributed by atoms with Crippen LogP contribution < -0.4 is 0 Å². The Hall–Kier alpha value is -0.530. The molecule has 90 valence electrons. The predicted octanol–water partition coefficient (Wildman–Crippen LogP) is -0.0215. The molecule has 0 amide bonds. The van der Waals surface area contributed by atoms with Crippen molar-refractivity contribution < 1.29 is 13.5 Å². The minimum Gasteiger partial charge on any atom is -0.391 e. The van der Waals surface area contributed by atoms with Gasteiger partial charge in [-0.2, -0.15) is 5.10 Å². The van der Waals surface area contributed by atoms with E-state index < -0.39 is 15.9 Å². The van der Waals surface area contributed by atoms with Crippen LogP contribution in [0, 0.1) is 6.92 Å². The summed E-state index contributed by atoms with van der Waals surface area (Å²) < 4.78 is 24.4. The number of hydrogen-bond acceptors (Lipinski definition) is 5. The summed E-state index contributed by atoms with van der Waals surface area (Å²) in [6.07, 6.45) is -0.773. The highest BCUT2D eigenvalue weighted by Gasteiger charge is 2.37. The number of aryl methyl sites for hydroxylation is 2. The molecule has 0 spiro atoms. The molecule has 5 nitrogen and oxygen atoms in total. The topological polar surface area (TPSA) is 72.2 Å². The number of aromatic nitrogens is 2. The molecule has 7 heteroatoms. The second-order valence-corrected chi connectivity index (χ2v) is 7.46. The summed E-state index contributed by atoms with van der Waals surface area (Å²) in [4.78, 5) is 0. The van der Waals surface area contributed by atoms with E-state index in [0.29, 0.717) is 0 Å². The van der Waals surface area contributed by atoms with Crippen molar-refractivity contribution in [2.24, 2.45) is 7.05 Å². The van der Waals surface area contributed by atoms with Gasteiger partial charge in [-0.05, 0) is 13.0 Å². The van der Waals surface area contributed by atoms with E-state index >= 15 is 0 Å². The van der Waals surface area contributed by atoms with Crippen LogP contribution in [-0.2, 0) is 16.9 Å². The second-order valence-electron chi connectivity index (χ2n) is 4.05. The highest BCUT2D eigenvalue weighted by molar-refractivity contribution is 8.01. The molecule has 2 unspecified atom stereocenters. The first-order valence-electron chi connectivity index (χ1n) is 4.93. The highest BCUT2D eigenvalue weighted by Crippen LogP contribution is 2.31. The maximum atomic E-state index is 11.3. The van der Waals surface area contributed by atoms with Crippen LogP contribution in [0.5, 0.6) is 0 Å². The summed E-state index contributed by atoms with van der Waals surface area (Å²) >= 11 is 1.38. The molecule has 0 aliphatic carbocycles. The van der Waals surface area contributed by atoms with Gasteiger partial charge in [-0.15, -0.1) is 0 Å². The smallest absolute Gasteiger partial charge is 0.154 e. The Labute approximate surface area is 98.8 Å². The predicted molar refractivity (Wildman–Crippen MR) is 62.3 cm³/mol. The largest absolute Gasteiger partial charge is 0.391 e. The third-order valence-electron chi connectivity index (χ3n) is 2.50. The lowest BCUT2D eigenvalue weighted by Gasteiger charge is -2.11. The fraction of sp³-hybridized carbons (Fsp3) is 0.667. The van der Waals surface area contributed by atoms with Gasteiger partial charge in [-0.25, -0.2) is 8.42 Å². The van der Waals surface area contributed by atoms with Crippen molar-refractivity contribution in [1.29, 1.82) is 0 Å². The first kappa shape index (κ1) is 11.9. The number of hydrogen-bond donors (Lipinski definition) is 1. The maximum Gasteiger partial charge on any atom is 0.154 e. The molecule has 1 fully saturated rings. The first-order chi connectivity index (χ1) is 7.37. The lowest BCUT2D eigenvalue weighted by molar-refractivity contribution is 0.207. The average molecular weight is 262 g/mol. The molecule has 0 saturated carbocycles. The van der Waals surface area contributed by atoms with Crippen LogP contribution in [0.3, 0.4) is 0 Å². The summed E-state index contributed by atoms with van der Waals surface area (Å²) in [6, 6.07) is 1.89. The summed E-state index contributed by atoms with van der Waals surface area (Å²) in [5.74, 6) is -0.0788. The fourth-order valence-electron chi connectivity index (χ4n) is 1.76. The van der Waals surface area contributed by atoms with Crippen LogP contribution in [0.25, 0.3) is 0 Å². The summed E-state index contributed by atoms with van der Waals surface area (Å²) in [6.45, 7) is 1.88.